The maximum Gasteiger partial charge on any atom is 0.260 e. The monoisotopic (exact) mass is 396 g/mol. The molecule has 0 radical (unpaired) electrons. The largest absolute Gasteiger partial charge is 0.484 e. The summed E-state index contributed by atoms with van der Waals surface area (Å²) in [6.07, 6.45) is 0.947. The number of aliphatic hydroxyl groups is 1. The normalized spacial score (nSPS) is 24.5. The highest BCUT2D eigenvalue weighted by atomic mass is 35.5. The number of benzene rings is 1. The molecule has 1 aromatic rings. The first kappa shape index (κ1) is 20.4. The van der Waals surface area contributed by atoms with E-state index in [9.17, 15) is 9.90 Å². The molecule has 0 spiro atoms. The van der Waals surface area contributed by atoms with Crippen LogP contribution in [0.2, 0.25) is 5.02 Å². The van der Waals surface area contributed by atoms with Crippen molar-refractivity contribution in [3.8, 4) is 5.75 Å². The number of likely N-dealkylation sites (tertiary alicyclic amines) is 1. The number of carbonyl (C=O) groups is 1. The highest BCUT2D eigenvalue weighted by Gasteiger charge is 2.31. The van der Waals surface area contributed by atoms with Crippen LogP contribution in [0.1, 0.15) is 24.0 Å². The number of aryl methyl sites for hydroxylation is 2. The van der Waals surface area contributed by atoms with Crippen LogP contribution in [0.3, 0.4) is 0 Å². The van der Waals surface area contributed by atoms with Crippen LogP contribution in [-0.2, 0) is 9.53 Å². The Kier molecular flexibility index (Phi) is 6.98. The van der Waals surface area contributed by atoms with Crippen LogP contribution < -0.4 is 4.74 Å². The lowest BCUT2D eigenvalue weighted by atomic mass is 10.0. The van der Waals surface area contributed by atoms with Gasteiger partial charge in [0.2, 0.25) is 0 Å². The standard InChI is InChI=1S/C20H29ClN2O4/c1-14-11-16(12-15(2)20(14)21)27-13-19(25)23-5-3-17(18(24)4-6-23)22-7-9-26-10-8-22/h11-12,17-18,24H,3-10,13H2,1-2H3/t17-,18-/m0/s1. The van der Waals surface area contributed by atoms with Crippen LogP contribution in [0, 0.1) is 13.8 Å². The van der Waals surface area contributed by atoms with Gasteiger partial charge in [0.15, 0.2) is 6.61 Å². The Labute approximate surface area is 166 Å². The lowest BCUT2D eigenvalue weighted by Crippen LogP contribution is -2.49. The van der Waals surface area contributed by atoms with Gasteiger partial charge in [-0.1, -0.05) is 11.6 Å². The third kappa shape index (κ3) is 5.13. The first-order valence-corrected chi connectivity index (χ1v) is 10.0. The quantitative estimate of drug-likeness (QED) is 0.843. The van der Waals surface area contributed by atoms with Gasteiger partial charge in [-0.3, -0.25) is 9.69 Å². The molecule has 2 heterocycles. The van der Waals surface area contributed by atoms with Crippen molar-refractivity contribution in [3.63, 3.8) is 0 Å². The Morgan fingerprint density at radius 2 is 1.81 bits per heavy atom. The van der Waals surface area contributed by atoms with Gasteiger partial charge in [0.05, 0.1) is 19.3 Å². The zero-order valence-corrected chi connectivity index (χ0v) is 16.9. The number of hydrogen-bond acceptors (Lipinski definition) is 5. The average Bonchev–Trinajstić information content (AvgIpc) is 2.86. The first-order valence-electron chi connectivity index (χ1n) is 9.63. The summed E-state index contributed by atoms with van der Waals surface area (Å²) in [6, 6.07) is 3.79. The SMILES string of the molecule is Cc1cc(OCC(=O)N2CC[C@H](O)[C@@H](N3CCOCC3)CC2)cc(C)c1Cl. The number of nitrogens with zero attached hydrogens (tertiary/aromatic N) is 2. The molecule has 7 heteroatoms. The van der Waals surface area contributed by atoms with E-state index in [1.54, 1.807) is 4.90 Å². The second-order valence-corrected chi connectivity index (χ2v) is 7.78. The molecule has 0 saturated carbocycles. The number of morpholine rings is 1. The molecule has 0 unspecified atom stereocenters. The number of aliphatic hydroxyl groups excluding tert-OH is 1. The van der Waals surface area contributed by atoms with Crippen LogP contribution in [0.15, 0.2) is 12.1 Å². The minimum atomic E-state index is -0.414. The molecule has 0 aliphatic carbocycles. The van der Waals surface area contributed by atoms with Gasteiger partial charge < -0.3 is 19.5 Å². The van der Waals surface area contributed by atoms with Gasteiger partial charge in [0, 0.05) is 37.2 Å². The fourth-order valence-electron chi connectivity index (χ4n) is 3.88. The molecule has 2 fully saturated rings. The smallest absolute Gasteiger partial charge is 0.260 e. The maximum absolute atomic E-state index is 12.6. The van der Waals surface area contributed by atoms with E-state index < -0.39 is 6.10 Å². The van der Waals surface area contributed by atoms with E-state index in [-0.39, 0.29) is 18.6 Å². The van der Waals surface area contributed by atoms with Crippen molar-refractivity contribution >= 4 is 17.5 Å². The molecular weight excluding hydrogens is 368 g/mol. The third-order valence-electron chi connectivity index (χ3n) is 5.47. The zero-order valence-electron chi connectivity index (χ0n) is 16.1. The Morgan fingerprint density at radius 1 is 1.19 bits per heavy atom. The lowest BCUT2D eigenvalue weighted by molar-refractivity contribution is -0.133. The van der Waals surface area contributed by atoms with Gasteiger partial charge in [-0.05, 0) is 49.9 Å². The maximum atomic E-state index is 12.6. The zero-order chi connectivity index (χ0) is 19.4. The molecule has 2 aliphatic rings. The van der Waals surface area contributed by atoms with Gasteiger partial charge in [0.25, 0.3) is 5.91 Å². The predicted molar refractivity (Wildman–Crippen MR) is 104 cm³/mol. The van der Waals surface area contributed by atoms with E-state index in [1.165, 1.54) is 0 Å². The summed E-state index contributed by atoms with van der Waals surface area (Å²) in [5.41, 5.74) is 1.87. The molecule has 0 bridgehead atoms. The fourth-order valence-corrected chi connectivity index (χ4v) is 3.99. The molecule has 27 heavy (non-hydrogen) atoms. The van der Waals surface area contributed by atoms with Crippen LogP contribution >= 0.6 is 11.6 Å². The summed E-state index contributed by atoms with van der Waals surface area (Å²) in [5.74, 6) is 0.610. The Morgan fingerprint density at radius 3 is 2.48 bits per heavy atom. The third-order valence-corrected chi connectivity index (χ3v) is 6.07. The molecule has 1 aromatic carbocycles. The second-order valence-electron chi connectivity index (χ2n) is 7.40. The van der Waals surface area contributed by atoms with E-state index >= 15 is 0 Å². The number of rotatable bonds is 4. The minimum Gasteiger partial charge on any atom is -0.484 e. The van der Waals surface area contributed by atoms with Crippen molar-refractivity contribution in [1.82, 2.24) is 9.80 Å². The van der Waals surface area contributed by atoms with Crippen LogP contribution in [0.25, 0.3) is 0 Å². The summed E-state index contributed by atoms with van der Waals surface area (Å²) in [4.78, 5) is 16.7. The van der Waals surface area contributed by atoms with Gasteiger partial charge in [0.1, 0.15) is 5.75 Å². The van der Waals surface area contributed by atoms with E-state index in [0.29, 0.717) is 38.5 Å². The highest BCUT2D eigenvalue weighted by Crippen LogP contribution is 2.26. The summed E-state index contributed by atoms with van der Waals surface area (Å²) < 4.78 is 11.1. The van der Waals surface area contributed by atoms with Gasteiger partial charge in [-0.2, -0.15) is 0 Å². The Bertz CT molecular complexity index is 640. The molecule has 2 atom stereocenters. The van der Waals surface area contributed by atoms with Crippen LogP contribution in [-0.4, -0.2) is 79.0 Å². The predicted octanol–water partition coefficient (Wildman–Crippen LogP) is 2.02. The molecule has 0 aromatic heterocycles. The molecule has 2 saturated heterocycles. The molecule has 2 aliphatic heterocycles. The van der Waals surface area contributed by atoms with Crippen molar-refractivity contribution in [2.24, 2.45) is 0 Å². The van der Waals surface area contributed by atoms with Crippen molar-refractivity contribution in [1.29, 1.82) is 0 Å². The number of halogens is 1. The molecule has 1 amide bonds. The number of carbonyl (C=O) groups excluding carboxylic acids is 1. The topological polar surface area (TPSA) is 62.2 Å². The molecule has 3 rings (SSSR count). The lowest BCUT2D eigenvalue weighted by Gasteiger charge is -2.36. The number of amides is 1. The van der Waals surface area contributed by atoms with Gasteiger partial charge in [-0.15, -0.1) is 0 Å². The van der Waals surface area contributed by atoms with Gasteiger partial charge in [-0.25, -0.2) is 0 Å². The summed E-state index contributed by atoms with van der Waals surface area (Å²) in [7, 11) is 0. The number of ether oxygens (including phenoxy) is 2. The van der Waals surface area contributed by atoms with E-state index in [0.717, 1.165) is 35.7 Å². The summed E-state index contributed by atoms with van der Waals surface area (Å²) >= 11 is 6.18. The minimum absolute atomic E-state index is 0.00116. The van der Waals surface area contributed by atoms with Crippen molar-refractivity contribution in [2.75, 3.05) is 46.0 Å². The van der Waals surface area contributed by atoms with Crippen molar-refractivity contribution in [2.45, 2.75) is 38.8 Å². The molecular formula is C20H29ClN2O4. The number of hydrogen-bond donors (Lipinski definition) is 1. The van der Waals surface area contributed by atoms with Crippen LogP contribution in [0.4, 0.5) is 0 Å². The molecule has 150 valence electrons. The van der Waals surface area contributed by atoms with E-state index in [2.05, 4.69) is 4.90 Å². The summed E-state index contributed by atoms with van der Waals surface area (Å²) in [5, 5.41) is 11.3. The Hall–Kier alpha value is -1.34. The van der Waals surface area contributed by atoms with Crippen LogP contribution in [0.5, 0.6) is 5.75 Å². The molecule has 1 N–H and O–H groups in total. The summed E-state index contributed by atoms with van der Waals surface area (Å²) in [6.45, 7) is 8.14. The average molecular weight is 397 g/mol. The van der Waals surface area contributed by atoms with E-state index in [4.69, 9.17) is 21.1 Å². The fraction of sp³-hybridized carbons (Fsp3) is 0.650. The van der Waals surface area contributed by atoms with Gasteiger partial charge >= 0.3 is 0 Å². The second kappa shape index (κ2) is 9.24. The van der Waals surface area contributed by atoms with Crippen molar-refractivity contribution in [3.05, 3.63) is 28.3 Å². The van der Waals surface area contributed by atoms with Crippen molar-refractivity contribution < 1.29 is 19.4 Å². The molecule has 6 nitrogen and oxygen atoms in total. The van der Waals surface area contributed by atoms with E-state index in [1.807, 2.05) is 26.0 Å². The first-order chi connectivity index (χ1) is 13.0. The highest BCUT2D eigenvalue weighted by molar-refractivity contribution is 6.32. The Balaban J connectivity index is 1.54.